The lowest BCUT2D eigenvalue weighted by atomic mass is 9.90. The first-order chi connectivity index (χ1) is 33.1. The predicted octanol–water partition coefficient (Wildman–Crippen LogP) is 2.61. The summed E-state index contributed by atoms with van der Waals surface area (Å²) in [6.07, 6.45) is 0.756. The van der Waals surface area contributed by atoms with E-state index in [1.54, 1.807) is 0 Å². The number of amides is 1. The van der Waals surface area contributed by atoms with Gasteiger partial charge in [-0.25, -0.2) is 22.7 Å². The Morgan fingerprint density at radius 3 is 1.74 bits per heavy atom. The molecular weight excluding hydrogens is 953 g/mol. The smallest absolute Gasteiger partial charge is 0.336 e. The van der Waals surface area contributed by atoms with Crippen molar-refractivity contribution in [1.82, 2.24) is 9.79 Å². The van der Waals surface area contributed by atoms with Gasteiger partial charge in [0, 0.05) is 29.5 Å². The zero-order chi connectivity index (χ0) is 49.8. The van der Waals surface area contributed by atoms with Crippen molar-refractivity contribution in [3.8, 4) is 22.5 Å². The number of hydroxylamine groups is 2. The number of aromatic carboxylic acids is 1. The van der Waals surface area contributed by atoms with Crippen molar-refractivity contribution in [3.05, 3.63) is 71.7 Å². The minimum atomic E-state index is -5.12. The molecular formula is C44H56N4O19S2. The van der Waals surface area contributed by atoms with Crippen LogP contribution in [0.5, 0.6) is 0 Å². The van der Waals surface area contributed by atoms with Crippen molar-refractivity contribution < 1.29 is 88.0 Å². The number of anilines is 1. The van der Waals surface area contributed by atoms with E-state index in [1.807, 2.05) is 0 Å². The van der Waals surface area contributed by atoms with Gasteiger partial charge >= 0.3 is 11.9 Å². The first-order valence-electron chi connectivity index (χ1n) is 21.6. The van der Waals surface area contributed by atoms with E-state index in [9.17, 15) is 40.9 Å². The first-order valence-corrected chi connectivity index (χ1v) is 24.5. The molecule has 0 spiro atoms. The predicted molar refractivity (Wildman–Crippen MR) is 243 cm³/mol. The van der Waals surface area contributed by atoms with Gasteiger partial charge in [-0.3, -0.25) is 14.8 Å². The number of carbonyl (C=O) groups excluding carboxylic acids is 2. The molecule has 6 N–H and O–H groups in total. The van der Waals surface area contributed by atoms with Gasteiger partial charge in [0.2, 0.25) is 10.0 Å². The summed E-state index contributed by atoms with van der Waals surface area (Å²) < 4.78 is 115. The molecule has 0 atom stereocenters. The van der Waals surface area contributed by atoms with Crippen LogP contribution in [0.25, 0.3) is 33.4 Å². The molecule has 0 unspecified atom stereocenters. The highest BCUT2D eigenvalue weighted by atomic mass is 32.2. The fourth-order valence-corrected chi connectivity index (χ4v) is 8.71. The molecule has 1 amide bonds. The molecule has 1 aliphatic carbocycles. The Balaban J connectivity index is 0.903. The van der Waals surface area contributed by atoms with Crippen LogP contribution in [0.2, 0.25) is 0 Å². The molecule has 25 heteroatoms. The van der Waals surface area contributed by atoms with E-state index in [1.165, 1.54) is 42.5 Å². The summed E-state index contributed by atoms with van der Waals surface area (Å²) in [4.78, 5) is 39.2. The average Bonchev–Trinajstić information content (AvgIpc) is 3.61. The molecule has 1 saturated heterocycles. The van der Waals surface area contributed by atoms with Crippen LogP contribution < -0.4 is 15.8 Å². The van der Waals surface area contributed by atoms with E-state index in [0.717, 1.165) is 11.1 Å². The SMILES string of the molecule is C=C1CCC(=O)N1OC(=O)CCOCCOCCOCCOCCOCCOCCOCCOCCNS(=O)(=O)c1c(N)ccc2c(-c3ccccc3C(=O)O)c3ccc(=N)c(S(=O)(=O)O)c-3oc12. The summed E-state index contributed by atoms with van der Waals surface area (Å²) in [5.74, 6) is -2.77. The molecule has 2 aromatic carbocycles. The minimum absolute atomic E-state index is 0.00000148. The Morgan fingerprint density at radius 2 is 1.23 bits per heavy atom. The second kappa shape index (κ2) is 27.1. The average molecular weight is 1010 g/mol. The molecule has 3 aliphatic rings. The molecule has 0 aromatic heterocycles. The van der Waals surface area contributed by atoms with Gasteiger partial charge in [0.05, 0.1) is 134 Å². The molecule has 2 heterocycles. The van der Waals surface area contributed by atoms with Crippen molar-refractivity contribution in [1.29, 1.82) is 5.41 Å². The van der Waals surface area contributed by atoms with Crippen molar-refractivity contribution in [2.24, 2.45) is 0 Å². The topological polar surface area (TPSA) is 321 Å². The highest BCUT2D eigenvalue weighted by Gasteiger charge is 2.32. The zero-order valence-corrected chi connectivity index (χ0v) is 39.3. The number of nitrogen functional groups attached to an aromatic ring is 1. The highest BCUT2D eigenvalue weighted by molar-refractivity contribution is 7.90. The molecule has 69 heavy (non-hydrogen) atoms. The number of carbonyl (C=O) groups is 3. The number of nitrogens with zero attached hydrogens (tertiary/aromatic N) is 1. The Labute approximate surface area is 397 Å². The van der Waals surface area contributed by atoms with Crippen molar-refractivity contribution in [2.75, 3.05) is 118 Å². The number of carboxylic acids is 1. The third kappa shape index (κ3) is 16.1. The maximum atomic E-state index is 13.8. The van der Waals surface area contributed by atoms with Crippen molar-refractivity contribution >= 4 is 54.6 Å². The summed E-state index contributed by atoms with van der Waals surface area (Å²) >= 11 is 0. The fourth-order valence-electron chi connectivity index (χ4n) is 6.71. The standard InChI is InChI=1S/C44H56N4O19S2/c1-30-6-11-37(49)48(30)67-38(50)12-14-58-16-18-60-20-22-62-24-26-64-28-29-65-27-25-63-23-21-61-19-17-59-15-13-47-68(53,54)42-35(45)9-7-33-39(31-4-2-3-5-32(31)44(51)52)34-8-10-36(46)43(69(55,56)57)41(34)66-40(33)42/h2-5,7-10,46-47H,1,6,11-29,45H2,(H,51,52)(H,55,56,57). The Hall–Kier alpha value is -5.42. The number of benzene rings is 3. The number of sulfonamides is 1. The van der Waals surface area contributed by atoms with Gasteiger partial charge in [-0.05, 0) is 42.3 Å². The molecule has 378 valence electrons. The third-order valence-electron chi connectivity index (χ3n) is 9.88. The van der Waals surface area contributed by atoms with E-state index in [0.29, 0.717) is 84.8 Å². The van der Waals surface area contributed by atoms with E-state index in [-0.39, 0.29) is 91.7 Å². The van der Waals surface area contributed by atoms with Gasteiger partial charge in [0.15, 0.2) is 16.2 Å². The number of allylic oxidation sites excluding steroid dienone is 1. The Morgan fingerprint density at radius 1 is 0.710 bits per heavy atom. The second-order valence-electron chi connectivity index (χ2n) is 14.7. The number of hydrogen-bond donors (Lipinski definition) is 5. The lowest BCUT2D eigenvalue weighted by Gasteiger charge is -2.20. The first kappa shape index (κ1) is 54.5. The normalized spacial score (nSPS) is 13.3. The number of rotatable bonds is 33. The molecule has 5 rings (SSSR count). The van der Waals surface area contributed by atoms with Gasteiger partial charge in [-0.15, -0.1) is 5.06 Å². The number of nitrogens with one attached hydrogen (secondary N) is 2. The monoisotopic (exact) mass is 1010 g/mol. The lowest BCUT2D eigenvalue weighted by molar-refractivity contribution is -0.187. The molecule has 2 aliphatic heterocycles. The number of nitrogens with two attached hydrogens (primary N) is 1. The zero-order valence-electron chi connectivity index (χ0n) is 37.6. The molecule has 2 aromatic rings. The quantitative estimate of drug-likeness (QED) is 0.0198. The molecule has 0 bridgehead atoms. The number of fused-ring (bicyclic) bond motifs is 2. The van der Waals surface area contributed by atoms with Gasteiger partial charge in [-0.1, -0.05) is 24.8 Å². The summed E-state index contributed by atoms with van der Waals surface area (Å²) in [6.45, 7) is 7.99. The third-order valence-corrected chi connectivity index (χ3v) is 12.3. The summed E-state index contributed by atoms with van der Waals surface area (Å²) in [6, 6.07) is 10.9. The second-order valence-corrected chi connectivity index (χ2v) is 17.8. The van der Waals surface area contributed by atoms with Gasteiger partial charge in [0.1, 0.15) is 4.90 Å². The summed E-state index contributed by atoms with van der Waals surface area (Å²) in [7, 11) is -9.64. The maximum absolute atomic E-state index is 13.8. The summed E-state index contributed by atoms with van der Waals surface area (Å²) in [5, 5.41) is 18.6. The minimum Gasteiger partial charge on any atom is -0.478 e. The van der Waals surface area contributed by atoms with Crippen LogP contribution in [0.4, 0.5) is 5.69 Å². The van der Waals surface area contributed by atoms with Crippen LogP contribution in [-0.2, 0) is 72.5 Å². The Kier molecular flexibility index (Phi) is 21.4. The van der Waals surface area contributed by atoms with Gasteiger partial charge in [0.25, 0.3) is 16.0 Å². The number of ether oxygens (including phenoxy) is 8. The van der Waals surface area contributed by atoms with Crippen LogP contribution in [0, 0.1) is 5.41 Å². The van der Waals surface area contributed by atoms with E-state index in [2.05, 4.69) is 11.3 Å². The molecule has 23 nitrogen and oxygen atoms in total. The molecule has 0 saturated carbocycles. The van der Waals surface area contributed by atoms with E-state index in [4.69, 9.17) is 58.3 Å². The maximum Gasteiger partial charge on any atom is 0.336 e. The van der Waals surface area contributed by atoms with Crippen LogP contribution in [0.3, 0.4) is 0 Å². The van der Waals surface area contributed by atoms with E-state index >= 15 is 0 Å². The highest BCUT2D eigenvalue weighted by Crippen LogP contribution is 2.45. The number of hydrogen-bond acceptors (Lipinski definition) is 19. The van der Waals surface area contributed by atoms with Gasteiger partial charge < -0.3 is 58.0 Å². The van der Waals surface area contributed by atoms with Crippen molar-refractivity contribution in [3.63, 3.8) is 0 Å². The lowest BCUT2D eigenvalue weighted by Crippen LogP contribution is -2.29. The fraction of sp³-hybridized carbons (Fsp3) is 0.455. The van der Waals surface area contributed by atoms with Crippen LogP contribution in [0.15, 0.2) is 75.0 Å². The van der Waals surface area contributed by atoms with E-state index < -0.39 is 58.6 Å². The van der Waals surface area contributed by atoms with Crippen LogP contribution in [0.1, 0.15) is 29.6 Å². The van der Waals surface area contributed by atoms with Crippen LogP contribution >= 0.6 is 0 Å². The molecule has 1 fully saturated rings. The largest absolute Gasteiger partial charge is 0.478 e. The van der Waals surface area contributed by atoms with Crippen molar-refractivity contribution in [2.45, 2.75) is 29.1 Å². The Bertz CT molecular complexity index is 2630. The van der Waals surface area contributed by atoms with Crippen LogP contribution in [-0.4, -0.2) is 162 Å². The number of carboxylic acid groups (broad SMARTS) is 1. The summed E-state index contributed by atoms with van der Waals surface area (Å²) in [5.41, 5.74) is 5.84. The van der Waals surface area contributed by atoms with Gasteiger partial charge in [-0.2, -0.15) is 8.42 Å². The molecule has 0 radical (unpaired) electrons.